The van der Waals surface area contributed by atoms with Crippen molar-refractivity contribution < 1.29 is 14.3 Å². The van der Waals surface area contributed by atoms with Crippen LogP contribution in [-0.2, 0) is 4.79 Å². The minimum atomic E-state index is -0.255. The Labute approximate surface area is 140 Å². The third-order valence-corrected chi connectivity index (χ3v) is 3.70. The van der Waals surface area contributed by atoms with Gasteiger partial charge in [0.15, 0.2) is 0 Å². The van der Waals surface area contributed by atoms with Crippen molar-refractivity contribution in [3.8, 4) is 11.5 Å². The molecule has 0 saturated heterocycles. The van der Waals surface area contributed by atoms with E-state index in [1.807, 2.05) is 13.0 Å². The van der Waals surface area contributed by atoms with Crippen molar-refractivity contribution in [2.75, 3.05) is 19.5 Å². The number of ether oxygens (including phenoxy) is 2. The van der Waals surface area contributed by atoms with Crippen LogP contribution in [0.1, 0.15) is 11.1 Å². The lowest BCUT2D eigenvalue weighted by Crippen LogP contribution is -2.07. The summed E-state index contributed by atoms with van der Waals surface area (Å²) in [5, 5.41) is 3.38. The molecule has 4 nitrogen and oxygen atoms in total. The number of carbonyl (C=O) groups is 1. The maximum absolute atomic E-state index is 12.0. The van der Waals surface area contributed by atoms with Crippen molar-refractivity contribution in [2.45, 2.75) is 6.92 Å². The first-order chi connectivity index (χ1) is 11.0. The first kappa shape index (κ1) is 16.9. The minimum absolute atomic E-state index is 0.255. The van der Waals surface area contributed by atoms with Crippen LogP contribution >= 0.6 is 11.6 Å². The van der Waals surface area contributed by atoms with Crippen LogP contribution in [0.2, 0.25) is 5.02 Å². The molecule has 0 fully saturated rings. The molecule has 2 rings (SSSR count). The highest BCUT2D eigenvalue weighted by molar-refractivity contribution is 6.31. The SMILES string of the molecule is COc1ccc(OC)c(/C=C/C(=O)Nc2ccc(C)c(Cl)c2)c1. The summed E-state index contributed by atoms with van der Waals surface area (Å²) < 4.78 is 10.4. The Bertz CT molecular complexity index is 741. The fourth-order valence-electron chi connectivity index (χ4n) is 1.99. The summed E-state index contributed by atoms with van der Waals surface area (Å²) in [5.74, 6) is 1.10. The van der Waals surface area contributed by atoms with Gasteiger partial charge in [0.25, 0.3) is 0 Å². The predicted octanol–water partition coefficient (Wildman–Crippen LogP) is 4.32. The number of carbonyl (C=O) groups excluding carboxylic acids is 1. The fourth-order valence-corrected chi connectivity index (χ4v) is 2.17. The van der Waals surface area contributed by atoms with Crippen LogP contribution in [0, 0.1) is 6.92 Å². The zero-order valence-electron chi connectivity index (χ0n) is 13.2. The molecule has 120 valence electrons. The molecule has 0 aliphatic carbocycles. The summed E-state index contributed by atoms with van der Waals surface area (Å²) in [7, 11) is 3.16. The van der Waals surface area contributed by atoms with Gasteiger partial charge in [-0.15, -0.1) is 0 Å². The Hall–Kier alpha value is -2.46. The molecule has 0 aliphatic rings. The Morgan fingerprint density at radius 3 is 2.57 bits per heavy atom. The van der Waals surface area contributed by atoms with E-state index in [0.29, 0.717) is 22.2 Å². The van der Waals surface area contributed by atoms with Crippen molar-refractivity contribution in [1.29, 1.82) is 0 Å². The van der Waals surface area contributed by atoms with Gasteiger partial charge in [-0.25, -0.2) is 0 Å². The molecule has 2 aromatic rings. The predicted molar refractivity (Wildman–Crippen MR) is 93.4 cm³/mol. The second-order valence-electron chi connectivity index (χ2n) is 4.89. The number of methoxy groups -OCH3 is 2. The Kier molecular flexibility index (Phi) is 5.66. The first-order valence-electron chi connectivity index (χ1n) is 7.00. The molecule has 0 saturated carbocycles. The summed E-state index contributed by atoms with van der Waals surface area (Å²) in [6.45, 7) is 1.91. The number of hydrogen-bond acceptors (Lipinski definition) is 3. The van der Waals surface area contributed by atoms with Gasteiger partial charge < -0.3 is 14.8 Å². The molecule has 0 heterocycles. The van der Waals surface area contributed by atoms with Gasteiger partial charge in [0, 0.05) is 22.3 Å². The third-order valence-electron chi connectivity index (χ3n) is 3.29. The summed E-state index contributed by atoms with van der Waals surface area (Å²) >= 11 is 6.04. The normalized spacial score (nSPS) is 10.6. The van der Waals surface area contributed by atoms with E-state index in [-0.39, 0.29) is 5.91 Å². The van der Waals surface area contributed by atoms with Gasteiger partial charge in [-0.2, -0.15) is 0 Å². The Balaban J connectivity index is 2.13. The molecule has 23 heavy (non-hydrogen) atoms. The standard InChI is InChI=1S/C18H18ClNO3/c1-12-4-6-14(11-16(12)19)20-18(21)9-5-13-10-15(22-2)7-8-17(13)23-3/h4-11H,1-3H3,(H,20,21)/b9-5+. The monoisotopic (exact) mass is 331 g/mol. The van der Waals surface area contributed by atoms with E-state index in [4.69, 9.17) is 21.1 Å². The molecule has 0 bridgehead atoms. The average Bonchev–Trinajstić information content (AvgIpc) is 2.56. The second kappa shape index (κ2) is 7.70. The minimum Gasteiger partial charge on any atom is -0.497 e. The van der Waals surface area contributed by atoms with Gasteiger partial charge in [0.2, 0.25) is 5.91 Å². The largest absolute Gasteiger partial charge is 0.497 e. The van der Waals surface area contributed by atoms with E-state index in [2.05, 4.69) is 5.32 Å². The van der Waals surface area contributed by atoms with Crippen LogP contribution in [0.4, 0.5) is 5.69 Å². The van der Waals surface area contributed by atoms with Crippen LogP contribution in [0.5, 0.6) is 11.5 Å². The highest BCUT2D eigenvalue weighted by Gasteiger charge is 2.04. The molecular formula is C18H18ClNO3. The van der Waals surface area contributed by atoms with E-state index >= 15 is 0 Å². The number of benzene rings is 2. The molecule has 0 aliphatic heterocycles. The zero-order valence-corrected chi connectivity index (χ0v) is 14.0. The van der Waals surface area contributed by atoms with E-state index < -0.39 is 0 Å². The summed E-state index contributed by atoms with van der Waals surface area (Å²) in [6.07, 6.45) is 3.11. The van der Waals surface area contributed by atoms with Gasteiger partial charge in [-0.3, -0.25) is 4.79 Å². The van der Waals surface area contributed by atoms with Crippen LogP contribution < -0.4 is 14.8 Å². The van der Waals surface area contributed by atoms with Gasteiger partial charge in [-0.1, -0.05) is 17.7 Å². The van der Waals surface area contributed by atoms with Crippen molar-refractivity contribution >= 4 is 29.3 Å². The zero-order chi connectivity index (χ0) is 16.8. The number of halogens is 1. The topological polar surface area (TPSA) is 47.6 Å². The maximum atomic E-state index is 12.0. The van der Waals surface area contributed by atoms with Crippen LogP contribution in [0.25, 0.3) is 6.08 Å². The van der Waals surface area contributed by atoms with E-state index in [9.17, 15) is 4.79 Å². The molecule has 0 unspecified atom stereocenters. The number of hydrogen-bond donors (Lipinski definition) is 1. The average molecular weight is 332 g/mol. The number of amides is 1. The van der Waals surface area contributed by atoms with Crippen LogP contribution in [0.3, 0.4) is 0 Å². The second-order valence-corrected chi connectivity index (χ2v) is 5.30. The van der Waals surface area contributed by atoms with Crippen molar-refractivity contribution in [1.82, 2.24) is 0 Å². The summed E-state index contributed by atoms with van der Waals surface area (Å²) in [5.41, 5.74) is 2.36. The van der Waals surface area contributed by atoms with E-state index in [1.165, 1.54) is 6.08 Å². The fraction of sp³-hybridized carbons (Fsp3) is 0.167. The molecule has 0 spiro atoms. The van der Waals surface area contributed by atoms with Gasteiger partial charge in [-0.05, 0) is 48.9 Å². The van der Waals surface area contributed by atoms with Crippen LogP contribution in [0.15, 0.2) is 42.5 Å². The molecular weight excluding hydrogens is 314 g/mol. The number of anilines is 1. The molecule has 2 aromatic carbocycles. The van der Waals surface area contributed by atoms with Gasteiger partial charge in [0.05, 0.1) is 14.2 Å². The van der Waals surface area contributed by atoms with Gasteiger partial charge >= 0.3 is 0 Å². The van der Waals surface area contributed by atoms with Crippen LogP contribution in [-0.4, -0.2) is 20.1 Å². The van der Waals surface area contributed by atoms with Crippen molar-refractivity contribution in [3.05, 3.63) is 58.6 Å². The number of aryl methyl sites for hydroxylation is 1. The lowest BCUT2D eigenvalue weighted by Gasteiger charge is -2.07. The smallest absolute Gasteiger partial charge is 0.248 e. The van der Waals surface area contributed by atoms with E-state index in [0.717, 1.165) is 11.1 Å². The van der Waals surface area contributed by atoms with Gasteiger partial charge in [0.1, 0.15) is 11.5 Å². The quantitative estimate of drug-likeness (QED) is 0.830. The van der Waals surface area contributed by atoms with E-state index in [1.54, 1.807) is 50.6 Å². The Morgan fingerprint density at radius 2 is 1.91 bits per heavy atom. The highest BCUT2D eigenvalue weighted by Crippen LogP contribution is 2.25. The first-order valence-corrected chi connectivity index (χ1v) is 7.38. The lowest BCUT2D eigenvalue weighted by atomic mass is 10.1. The number of nitrogens with one attached hydrogen (secondary N) is 1. The Morgan fingerprint density at radius 1 is 1.13 bits per heavy atom. The molecule has 0 radical (unpaired) electrons. The van der Waals surface area contributed by atoms with Crippen molar-refractivity contribution in [2.24, 2.45) is 0 Å². The molecule has 1 amide bonds. The molecule has 1 N–H and O–H groups in total. The molecule has 0 atom stereocenters. The number of rotatable bonds is 5. The molecule has 0 aromatic heterocycles. The highest BCUT2D eigenvalue weighted by atomic mass is 35.5. The summed E-state index contributed by atoms with van der Waals surface area (Å²) in [4.78, 5) is 12.0. The third kappa shape index (κ3) is 4.50. The lowest BCUT2D eigenvalue weighted by molar-refractivity contribution is -0.111. The van der Waals surface area contributed by atoms with Crippen molar-refractivity contribution in [3.63, 3.8) is 0 Å². The summed E-state index contributed by atoms with van der Waals surface area (Å²) in [6, 6.07) is 10.8. The molecule has 5 heteroatoms. The maximum Gasteiger partial charge on any atom is 0.248 e.